The monoisotopic (exact) mass is 325 g/mol. The topological polar surface area (TPSA) is 82.8 Å². The fraction of sp³-hybridized carbons (Fsp3) is 0.0625. The molecule has 23 heavy (non-hydrogen) atoms. The van der Waals surface area contributed by atoms with Crippen molar-refractivity contribution >= 4 is 28.6 Å². The Morgan fingerprint density at radius 2 is 1.83 bits per heavy atom. The van der Waals surface area contributed by atoms with Gasteiger partial charge in [0.1, 0.15) is 12.4 Å². The minimum absolute atomic E-state index is 0.0532. The van der Waals surface area contributed by atoms with Crippen LogP contribution in [0.3, 0.4) is 0 Å². The number of imidazole rings is 1. The van der Waals surface area contributed by atoms with Crippen molar-refractivity contribution in [1.29, 1.82) is 0 Å². The Bertz CT molecular complexity index is 974. The number of benzene rings is 2. The quantitative estimate of drug-likeness (QED) is 0.624. The number of nitrogen functional groups attached to an aromatic ring is 1. The average Bonchev–Trinajstić information content (AvgIpc) is 3.13. The van der Waals surface area contributed by atoms with Crippen LogP contribution in [0.2, 0.25) is 5.02 Å². The summed E-state index contributed by atoms with van der Waals surface area (Å²) < 4.78 is 7.32. The van der Waals surface area contributed by atoms with Gasteiger partial charge >= 0.3 is 6.01 Å². The highest BCUT2D eigenvalue weighted by atomic mass is 35.5. The first-order chi connectivity index (χ1) is 11.2. The smallest absolute Gasteiger partial charge is 0.312 e. The van der Waals surface area contributed by atoms with Crippen LogP contribution in [0.4, 0.5) is 6.01 Å². The van der Waals surface area contributed by atoms with Crippen molar-refractivity contribution in [2.45, 2.75) is 6.54 Å². The highest BCUT2D eigenvalue weighted by molar-refractivity contribution is 6.30. The lowest BCUT2D eigenvalue weighted by atomic mass is 10.2. The van der Waals surface area contributed by atoms with Crippen LogP contribution in [0, 0.1) is 0 Å². The van der Waals surface area contributed by atoms with Gasteiger partial charge in [-0.05, 0) is 36.4 Å². The molecule has 0 atom stereocenters. The molecule has 2 aromatic heterocycles. The van der Waals surface area contributed by atoms with Crippen molar-refractivity contribution in [3.8, 4) is 11.4 Å². The van der Waals surface area contributed by atoms with Crippen molar-refractivity contribution in [2.75, 3.05) is 5.73 Å². The van der Waals surface area contributed by atoms with E-state index < -0.39 is 0 Å². The summed E-state index contributed by atoms with van der Waals surface area (Å²) >= 11 is 5.98. The molecule has 0 bridgehead atoms. The molecule has 0 amide bonds. The van der Waals surface area contributed by atoms with Crippen LogP contribution < -0.4 is 5.73 Å². The summed E-state index contributed by atoms with van der Waals surface area (Å²) in [7, 11) is 0. The minimum Gasteiger partial charge on any atom is -0.406 e. The molecule has 2 N–H and O–H groups in total. The lowest BCUT2D eigenvalue weighted by molar-refractivity contribution is 0.496. The molecular formula is C16H12ClN5O. The summed E-state index contributed by atoms with van der Waals surface area (Å²) in [6, 6.07) is 15.5. The Hall–Kier alpha value is -2.86. The van der Waals surface area contributed by atoms with Gasteiger partial charge in [-0.15, -0.1) is 5.10 Å². The third-order valence-corrected chi connectivity index (χ3v) is 3.78. The number of aromatic nitrogens is 4. The number of rotatable bonds is 3. The number of hydrogen-bond acceptors (Lipinski definition) is 5. The van der Waals surface area contributed by atoms with Crippen LogP contribution in [0.15, 0.2) is 52.9 Å². The molecule has 2 aromatic carbocycles. The van der Waals surface area contributed by atoms with E-state index in [9.17, 15) is 0 Å². The molecule has 114 valence electrons. The van der Waals surface area contributed by atoms with Crippen LogP contribution in [0.1, 0.15) is 5.89 Å². The summed E-state index contributed by atoms with van der Waals surface area (Å²) in [6.45, 7) is 0.392. The zero-order chi connectivity index (χ0) is 15.8. The van der Waals surface area contributed by atoms with E-state index >= 15 is 0 Å². The van der Waals surface area contributed by atoms with Gasteiger partial charge in [-0.1, -0.05) is 28.8 Å². The number of para-hydroxylation sites is 2. The van der Waals surface area contributed by atoms with Crippen LogP contribution in [-0.4, -0.2) is 19.7 Å². The Kier molecular flexibility index (Phi) is 3.24. The van der Waals surface area contributed by atoms with Gasteiger partial charge in [-0.25, -0.2) is 4.98 Å². The van der Waals surface area contributed by atoms with Gasteiger partial charge < -0.3 is 14.7 Å². The van der Waals surface area contributed by atoms with Crippen LogP contribution in [0.5, 0.6) is 0 Å². The maximum atomic E-state index is 5.98. The predicted octanol–water partition coefficient (Wildman–Crippen LogP) is 3.37. The van der Waals surface area contributed by atoms with Crippen molar-refractivity contribution in [3.63, 3.8) is 0 Å². The standard InChI is InChI=1S/C16H12ClN5O/c17-11-7-5-10(6-8-11)15-19-12-3-1-2-4-13(12)22(15)9-14-20-21-16(18)23-14/h1-8H,9H2,(H2,18,21). The molecule has 0 aliphatic rings. The zero-order valence-corrected chi connectivity index (χ0v) is 12.7. The lowest BCUT2D eigenvalue weighted by Gasteiger charge is -2.07. The normalized spacial score (nSPS) is 11.2. The summed E-state index contributed by atoms with van der Waals surface area (Å²) in [5.41, 5.74) is 8.34. The summed E-state index contributed by atoms with van der Waals surface area (Å²) in [5.74, 6) is 1.24. The third-order valence-electron chi connectivity index (χ3n) is 3.53. The number of fused-ring (bicyclic) bond motifs is 1. The van der Waals surface area contributed by atoms with Gasteiger partial charge in [0.2, 0.25) is 5.89 Å². The maximum absolute atomic E-state index is 5.98. The first-order valence-corrected chi connectivity index (χ1v) is 7.37. The molecular weight excluding hydrogens is 314 g/mol. The molecule has 0 spiro atoms. The average molecular weight is 326 g/mol. The van der Waals surface area contributed by atoms with E-state index in [0.717, 1.165) is 22.4 Å². The molecule has 2 heterocycles. The lowest BCUT2D eigenvalue weighted by Crippen LogP contribution is -2.02. The largest absolute Gasteiger partial charge is 0.406 e. The SMILES string of the molecule is Nc1nnc(Cn2c(-c3ccc(Cl)cc3)nc3ccccc32)o1. The van der Waals surface area contributed by atoms with Crippen LogP contribution >= 0.6 is 11.6 Å². The minimum atomic E-state index is 0.0532. The Labute approximate surface area is 136 Å². The van der Waals surface area contributed by atoms with Crippen molar-refractivity contribution in [2.24, 2.45) is 0 Å². The number of nitrogens with two attached hydrogens (primary N) is 1. The zero-order valence-electron chi connectivity index (χ0n) is 12.0. The summed E-state index contributed by atoms with van der Waals surface area (Å²) in [5, 5.41) is 8.32. The fourth-order valence-electron chi connectivity index (χ4n) is 2.52. The molecule has 6 nitrogen and oxygen atoms in total. The van der Waals surface area contributed by atoms with E-state index in [1.54, 1.807) is 0 Å². The van der Waals surface area contributed by atoms with E-state index in [-0.39, 0.29) is 6.01 Å². The Morgan fingerprint density at radius 3 is 2.57 bits per heavy atom. The van der Waals surface area contributed by atoms with Gasteiger partial charge in [-0.2, -0.15) is 0 Å². The number of nitrogens with zero attached hydrogens (tertiary/aromatic N) is 4. The molecule has 4 rings (SSSR count). The molecule has 4 aromatic rings. The fourth-order valence-corrected chi connectivity index (χ4v) is 2.65. The van der Waals surface area contributed by atoms with Gasteiger partial charge in [0, 0.05) is 10.6 Å². The molecule has 0 aliphatic carbocycles. The van der Waals surface area contributed by atoms with Crippen molar-refractivity contribution in [1.82, 2.24) is 19.7 Å². The number of anilines is 1. The summed E-state index contributed by atoms with van der Waals surface area (Å²) in [6.07, 6.45) is 0. The van der Waals surface area contributed by atoms with Crippen molar-refractivity contribution in [3.05, 3.63) is 59.4 Å². The van der Waals surface area contributed by atoms with Gasteiger partial charge in [0.05, 0.1) is 11.0 Å². The maximum Gasteiger partial charge on any atom is 0.312 e. The number of halogens is 1. The molecule has 0 aliphatic heterocycles. The van der Waals surface area contributed by atoms with Crippen LogP contribution in [0.25, 0.3) is 22.4 Å². The van der Waals surface area contributed by atoms with E-state index in [0.29, 0.717) is 17.5 Å². The molecule has 0 saturated carbocycles. The first kappa shape index (κ1) is 13.8. The second-order valence-corrected chi connectivity index (χ2v) is 5.49. The van der Waals surface area contributed by atoms with Gasteiger partial charge in [0.15, 0.2) is 0 Å². The highest BCUT2D eigenvalue weighted by Gasteiger charge is 2.15. The molecule has 7 heteroatoms. The summed E-state index contributed by atoms with van der Waals surface area (Å²) in [4.78, 5) is 4.71. The van der Waals surface area contributed by atoms with Crippen LogP contribution in [-0.2, 0) is 6.54 Å². The predicted molar refractivity (Wildman–Crippen MR) is 88.0 cm³/mol. The van der Waals surface area contributed by atoms with E-state index in [1.165, 1.54) is 0 Å². The molecule has 0 radical (unpaired) electrons. The number of hydrogen-bond donors (Lipinski definition) is 1. The van der Waals surface area contributed by atoms with Gasteiger partial charge in [0.25, 0.3) is 0 Å². The van der Waals surface area contributed by atoms with E-state index in [1.807, 2.05) is 53.1 Å². The van der Waals surface area contributed by atoms with Gasteiger partial charge in [-0.3, -0.25) is 0 Å². The van der Waals surface area contributed by atoms with Crippen molar-refractivity contribution < 1.29 is 4.42 Å². The molecule has 0 saturated heterocycles. The molecule has 0 unspecified atom stereocenters. The van der Waals surface area contributed by atoms with E-state index in [2.05, 4.69) is 10.2 Å². The van der Waals surface area contributed by atoms with E-state index in [4.69, 9.17) is 26.7 Å². The molecule has 0 fully saturated rings. The first-order valence-electron chi connectivity index (χ1n) is 7.00. The third kappa shape index (κ3) is 2.53. The second-order valence-electron chi connectivity index (χ2n) is 5.05. The Morgan fingerprint density at radius 1 is 1.04 bits per heavy atom. The second kappa shape index (κ2) is 5.40. The Balaban J connectivity index is 1.88. The highest BCUT2D eigenvalue weighted by Crippen LogP contribution is 2.26.